The number of rotatable bonds is 6. The van der Waals surface area contributed by atoms with Crippen molar-refractivity contribution in [2.75, 3.05) is 0 Å². The van der Waals surface area contributed by atoms with E-state index in [1.54, 1.807) is 6.92 Å². The van der Waals surface area contributed by atoms with E-state index in [9.17, 15) is 9.59 Å². The molecule has 0 heterocycles. The smallest absolute Gasteiger partial charge is 0.326 e. The summed E-state index contributed by atoms with van der Waals surface area (Å²) in [6, 6.07) is -2.08. The molecule has 0 fully saturated rings. The second-order valence-corrected chi connectivity index (χ2v) is 3.98. The molecule has 0 saturated heterocycles. The van der Waals surface area contributed by atoms with Crippen LogP contribution in [0.15, 0.2) is 0 Å². The van der Waals surface area contributed by atoms with Crippen LogP contribution >= 0.6 is 0 Å². The minimum absolute atomic E-state index is 0.192. The van der Waals surface area contributed by atoms with E-state index in [-0.39, 0.29) is 5.92 Å². The SMILES string of the molecule is CCC(C)C(NC(=O)C(N)C(C)O)C(=O)O. The van der Waals surface area contributed by atoms with E-state index in [0.717, 1.165) is 0 Å². The van der Waals surface area contributed by atoms with Gasteiger partial charge in [-0.2, -0.15) is 0 Å². The number of carboxylic acids is 1. The van der Waals surface area contributed by atoms with Crippen molar-refractivity contribution < 1.29 is 19.8 Å². The summed E-state index contributed by atoms with van der Waals surface area (Å²) in [6.45, 7) is 4.94. The van der Waals surface area contributed by atoms with Crippen LogP contribution in [-0.2, 0) is 9.59 Å². The third kappa shape index (κ3) is 4.16. The number of nitrogens with one attached hydrogen (secondary N) is 1. The van der Waals surface area contributed by atoms with Crippen molar-refractivity contribution in [2.45, 2.75) is 45.4 Å². The Hall–Kier alpha value is -1.14. The van der Waals surface area contributed by atoms with E-state index >= 15 is 0 Å². The van der Waals surface area contributed by atoms with Gasteiger partial charge in [-0.15, -0.1) is 0 Å². The first kappa shape index (κ1) is 14.9. The molecule has 5 N–H and O–H groups in total. The van der Waals surface area contributed by atoms with Crippen molar-refractivity contribution in [2.24, 2.45) is 11.7 Å². The molecule has 94 valence electrons. The van der Waals surface area contributed by atoms with E-state index in [1.165, 1.54) is 6.92 Å². The predicted octanol–water partition coefficient (Wildman–Crippen LogP) is -0.690. The summed E-state index contributed by atoms with van der Waals surface area (Å²) < 4.78 is 0. The second kappa shape index (κ2) is 6.44. The predicted molar refractivity (Wildman–Crippen MR) is 58.7 cm³/mol. The summed E-state index contributed by atoms with van der Waals surface area (Å²) in [5, 5.41) is 20.4. The van der Waals surface area contributed by atoms with Crippen LogP contribution in [0, 0.1) is 5.92 Å². The van der Waals surface area contributed by atoms with Crippen LogP contribution in [0.4, 0.5) is 0 Å². The molecule has 0 aromatic carbocycles. The van der Waals surface area contributed by atoms with Gasteiger partial charge in [-0.05, 0) is 12.8 Å². The average molecular weight is 232 g/mol. The number of aliphatic hydroxyl groups is 1. The fourth-order valence-electron chi connectivity index (χ4n) is 1.15. The first-order valence-corrected chi connectivity index (χ1v) is 5.28. The molecule has 0 spiro atoms. The quantitative estimate of drug-likeness (QED) is 0.484. The zero-order valence-electron chi connectivity index (χ0n) is 9.80. The van der Waals surface area contributed by atoms with Crippen LogP contribution in [0.3, 0.4) is 0 Å². The average Bonchev–Trinajstić information content (AvgIpc) is 2.22. The van der Waals surface area contributed by atoms with Crippen molar-refractivity contribution in [3.8, 4) is 0 Å². The highest BCUT2D eigenvalue weighted by Crippen LogP contribution is 2.08. The van der Waals surface area contributed by atoms with E-state index in [1.807, 2.05) is 6.92 Å². The van der Waals surface area contributed by atoms with Crippen molar-refractivity contribution in [3.05, 3.63) is 0 Å². The molecule has 0 aliphatic carbocycles. The molecule has 0 radical (unpaired) electrons. The Morgan fingerprint density at radius 1 is 1.38 bits per heavy atom. The Kier molecular flexibility index (Phi) is 5.98. The molecule has 0 aromatic rings. The molecule has 4 unspecified atom stereocenters. The number of aliphatic carboxylic acids is 1. The third-order valence-electron chi connectivity index (χ3n) is 2.60. The molecule has 0 saturated carbocycles. The van der Waals surface area contributed by atoms with Crippen molar-refractivity contribution in [3.63, 3.8) is 0 Å². The lowest BCUT2D eigenvalue weighted by Gasteiger charge is -2.23. The van der Waals surface area contributed by atoms with Crippen LogP contribution in [-0.4, -0.2) is 40.3 Å². The van der Waals surface area contributed by atoms with Crippen LogP contribution in [0.5, 0.6) is 0 Å². The second-order valence-electron chi connectivity index (χ2n) is 3.98. The number of aliphatic hydroxyl groups excluding tert-OH is 1. The fourth-order valence-corrected chi connectivity index (χ4v) is 1.15. The lowest BCUT2D eigenvalue weighted by atomic mass is 9.98. The largest absolute Gasteiger partial charge is 0.480 e. The van der Waals surface area contributed by atoms with Gasteiger partial charge in [0.15, 0.2) is 0 Å². The van der Waals surface area contributed by atoms with Crippen LogP contribution in [0.25, 0.3) is 0 Å². The van der Waals surface area contributed by atoms with Gasteiger partial charge in [0.2, 0.25) is 5.91 Å². The summed E-state index contributed by atoms with van der Waals surface area (Å²) in [5.74, 6) is -1.94. The molecule has 16 heavy (non-hydrogen) atoms. The van der Waals surface area contributed by atoms with Gasteiger partial charge in [0.1, 0.15) is 12.1 Å². The van der Waals surface area contributed by atoms with Crippen LogP contribution < -0.4 is 11.1 Å². The molecular weight excluding hydrogens is 212 g/mol. The van der Waals surface area contributed by atoms with Crippen molar-refractivity contribution in [1.29, 1.82) is 0 Å². The van der Waals surface area contributed by atoms with Crippen LogP contribution in [0.1, 0.15) is 27.2 Å². The van der Waals surface area contributed by atoms with Gasteiger partial charge in [-0.25, -0.2) is 4.79 Å². The normalized spacial score (nSPS) is 18.3. The number of carboxylic acid groups (broad SMARTS) is 1. The lowest BCUT2D eigenvalue weighted by molar-refractivity contribution is -0.143. The topological polar surface area (TPSA) is 113 Å². The number of carbonyl (C=O) groups is 2. The highest BCUT2D eigenvalue weighted by molar-refractivity contribution is 5.87. The van der Waals surface area contributed by atoms with E-state index in [4.69, 9.17) is 15.9 Å². The Morgan fingerprint density at radius 3 is 2.19 bits per heavy atom. The number of carbonyl (C=O) groups excluding carboxylic acids is 1. The zero-order valence-corrected chi connectivity index (χ0v) is 9.80. The fraction of sp³-hybridized carbons (Fsp3) is 0.800. The minimum atomic E-state index is -1.11. The van der Waals surface area contributed by atoms with Gasteiger partial charge in [0, 0.05) is 0 Å². The molecule has 6 nitrogen and oxygen atoms in total. The molecule has 0 rings (SSSR count). The Balaban J connectivity index is 4.52. The van der Waals surface area contributed by atoms with Crippen molar-refractivity contribution in [1.82, 2.24) is 5.32 Å². The number of nitrogens with two attached hydrogens (primary N) is 1. The summed E-state index contributed by atoms with van der Waals surface area (Å²) in [6.07, 6.45) is -0.382. The molecule has 0 aliphatic rings. The standard InChI is InChI=1S/C10H20N2O4/c1-4-5(2)8(10(15)16)12-9(14)7(11)6(3)13/h5-8,13H,4,11H2,1-3H3,(H,12,14)(H,15,16). The molecule has 4 atom stereocenters. The highest BCUT2D eigenvalue weighted by atomic mass is 16.4. The maximum atomic E-state index is 11.5. The van der Waals surface area contributed by atoms with E-state index in [2.05, 4.69) is 5.32 Å². The Labute approximate surface area is 94.8 Å². The highest BCUT2D eigenvalue weighted by Gasteiger charge is 2.28. The van der Waals surface area contributed by atoms with E-state index in [0.29, 0.717) is 6.42 Å². The minimum Gasteiger partial charge on any atom is -0.480 e. The van der Waals surface area contributed by atoms with Gasteiger partial charge in [-0.3, -0.25) is 4.79 Å². The van der Waals surface area contributed by atoms with Gasteiger partial charge < -0.3 is 21.3 Å². The van der Waals surface area contributed by atoms with Gasteiger partial charge in [-0.1, -0.05) is 20.3 Å². The summed E-state index contributed by atoms with van der Waals surface area (Å²) in [7, 11) is 0. The van der Waals surface area contributed by atoms with Gasteiger partial charge in [0.05, 0.1) is 6.10 Å². The summed E-state index contributed by atoms with van der Waals surface area (Å²) >= 11 is 0. The van der Waals surface area contributed by atoms with Crippen molar-refractivity contribution >= 4 is 11.9 Å². The number of amides is 1. The van der Waals surface area contributed by atoms with E-state index < -0.39 is 30.1 Å². The first-order valence-electron chi connectivity index (χ1n) is 5.28. The maximum Gasteiger partial charge on any atom is 0.326 e. The zero-order chi connectivity index (χ0) is 12.9. The molecular formula is C10H20N2O4. The number of hydrogen-bond acceptors (Lipinski definition) is 4. The van der Waals surface area contributed by atoms with Gasteiger partial charge in [0.25, 0.3) is 0 Å². The molecule has 1 amide bonds. The molecule has 6 heteroatoms. The van der Waals surface area contributed by atoms with Gasteiger partial charge >= 0.3 is 5.97 Å². The Bertz CT molecular complexity index is 255. The first-order chi connectivity index (χ1) is 7.31. The number of hydrogen-bond donors (Lipinski definition) is 4. The molecule has 0 aromatic heterocycles. The maximum absolute atomic E-state index is 11.5. The monoisotopic (exact) mass is 232 g/mol. The molecule has 0 aliphatic heterocycles. The third-order valence-corrected chi connectivity index (χ3v) is 2.60. The van der Waals surface area contributed by atoms with Crippen LogP contribution in [0.2, 0.25) is 0 Å². The summed E-state index contributed by atoms with van der Waals surface area (Å²) in [5.41, 5.74) is 5.40. The summed E-state index contributed by atoms with van der Waals surface area (Å²) in [4.78, 5) is 22.4. The Morgan fingerprint density at radius 2 is 1.88 bits per heavy atom. The lowest BCUT2D eigenvalue weighted by Crippen LogP contribution is -2.54. The molecule has 0 bridgehead atoms.